The Balaban J connectivity index is 2.19. The lowest BCUT2D eigenvalue weighted by Crippen LogP contribution is -2.08. The van der Waals surface area contributed by atoms with Gasteiger partial charge in [-0.2, -0.15) is 5.26 Å². The van der Waals surface area contributed by atoms with Crippen LogP contribution < -0.4 is 5.32 Å². The van der Waals surface area contributed by atoms with E-state index < -0.39 is 11.9 Å². The van der Waals surface area contributed by atoms with Crippen LogP contribution in [0.5, 0.6) is 0 Å². The standard InChI is InChI=1S/C14H6ClFN4O2S/c15-7-3-6(5-17)4-8(16)10(7)13-19-9-1-2-18-12(11(9)23-13)20-14(21)22/h1-4H,(H,18,20)(H,21,22). The van der Waals surface area contributed by atoms with E-state index in [2.05, 4.69) is 15.3 Å². The zero-order valence-corrected chi connectivity index (χ0v) is 12.7. The number of anilines is 1. The van der Waals surface area contributed by atoms with E-state index in [1.54, 1.807) is 6.07 Å². The molecule has 0 atom stereocenters. The van der Waals surface area contributed by atoms with E-state index in [0.29, 0.717) is 10.2 Å². The van der Waals surface area contributed by atoms with Crippen LogP contribution in [0.15, 0.2) is 24.4 Å². The predicted octanol–water partition coefficient (Wildman–Crippen LogP) is 4.11. The largest absolute Gasteiger partial charge is 0.465 e. The minimum Gasteiger partial charge on any atom is -0.465 e. The van der Waals surface area contributed by atoms with Crippen LogP contribution in [-0.2, 0) is 0 Å². The van der Waals surface area contributed by atoms with Crippen LogP contribution in [0, 0.1) is 17.1 Å². The SMILES string of the molecule is N#Cc1cc(F)c(-c2nc3ccnc(NC(=O)O)c3s2)c(Cl)c1. The van der Waals surface area contributed by atoms with Gasteiger partial charge < -0.3 is 5.11 Å². The highest BCUT2D eigenvalue weighted by atomic mass is 35.5. The maximum Gasteiger partial charge on any atom is 0.410 e. The van der Waals surface area contributed by atoms with Gasteiger partial charge in [0.05, 0.1) is 32.4 Å². The molecule has 6 nitrogen and oxygen atoms in total. The van der Waals surface area contributed by atoms with Gasteiger partial charge in [0.25, 0.3) is 0 Å². The van der Waals surface area contributed by atoms with Gasteiger partial charge >= 0.3 is 6.09 Å². The third-order valence-electron chi connectivity index (χ3n) is 2.91. The van der Waals surface area contributed by atoms with E-state index >= 15 is 0 Å². The van der Waals surface area contributed by atoms with Gasteiger partial charge in [-0.15, -0.1) is 11.3 Å². The Bertz CT molecular complexity index is 960. The van der Waals surface area contributed by atoms with Crippen molar-refractivity contribution in [2.75, 3.05) is 5.32 Å². The van der Waals surface area contributed by atoms with Crippen LogP contribution in [0.2, 0.25) is 5.02 Å². The van der Waals surface area contributed by atoms with Crippen molar-refractivity contribution in [1.82, 2.24) is 9.97 Å². The van der Waals surface area contributed by atoms with Crippen molar-refractivity contribution in [3.8, 4) is 16.6 Å². The van der Waals surface area contributed by atoms with Crippen LogP contribution in [0.25, 0.3) is 20.8 Å². The first-order valence-electron chi connectivity index (χ1n) is 6.14. The molecular formula is C14H6ClFN4O2S. The molecular weight excluding hydrogens is 343 g/mol. The summed E-state index contributed by atoms with van der Waals surface area (Å²) in [6.07, 6.45) is 0.135. The monoisotopic (exact) mass is 348 g/mol. The van der Waals surface area contributed by atoms with Crippen LogP contribution in [0.4, 0.5) is 15.0 Å². The number of nitrogens with one attached hydrogen (secondary N) is 1. The number of amides is 1. The van der Waals surface area contributed by atoms with Crippen molar-refractivity contribution in [3.63, 3.8) is 0 Å². The van der Waals surface area contributed by atoms with Gasteiger partial charge in [-0.1, -0.05) is 11.6 Å². The maximum absolute atomic E-state index is 14.2. The molecule has 0 bridgehead atoms. The first-order valence-corrected chi connectivity index (χ1v) is 7.34. The van der Waals surface area contributed by atoms with E-state index in [-0.39, 0.29) is 27.0 Å². The van der Waals surface area contributed by atoms with Crippen molar-refractivity contribution >= 4 is 45.1 Å². The Morgan fingerprint density at radius 3 is 2.91 bits per heavy atom. The number of halogens is 2. The maximum atomic E-state index is 14.2. The summed E-state index contributed by atoms with van der Waals surface area (Å²) in [7, 11) is 0. The van der Waals surface area contributed by atoms with Crippen LogP contribution in [-0.4, -0.2) is 21.2 Å². The van der Waals surface area contributed by atoms with Gasteiger partial charge in [-0.05, 0) is 18.2 Å². The molecule has 0 aliphatic rings. The topological polar surface area (TPSA) is 98.9 Å². The fourth-order valence-electron chi connectivity index (χ4n) is 1.99. The number of fused-ring (bicyclic) bond motifs is 1. The molecule has 1 amide bonds. The summed E-state index contributed by atoms with van der Waals surface area (Å²) in [4.78, 5) is 19.0. The highest BCUT2D eigenvalue weighted by Crippen LogP contribution is 2.38. The second-order valence-electron chi connectivity index (χ2n) is 4.38. The first kappa shape index (κ1) is 15.1. The summed E-state index contributed by atoms with van der Waals surface area (Å²) in [5.74, 6) is -0.558. The molecule has 2 heterocycles. The summed E-state index contributed by atoms with van der Waals surface area (Å²) in [5, 5.41) is 20.1. The van der Waals surface area contributed by atoms with E-state index in [1.165, 1.54) is 12.3 Å². The third-order valence-corrected chi connectivity index (χ3v) is 4.31. The highest BCUT2D eigenvalue weighted by molar-refractivity contribution is 7.22. The average molecular weight is 349 g/mol. The first-order chi connectivity index (χ1) is 11.0. The van der Waals surface area contributed by atoms with Gasteiger partial charge in [-0.3, -0.25) is 5.32 Å². The average Bonchev–Trinajstić information content (AvgIpc) is 2.90. The fourth-order valence-corrected chi connectivity index (χ4v) is 3.41. The summed E-state index contributed by atoms with van der Waals surface area (Å²) >= 11 is 7.10. The smallest absolute Gasteiger partial charge is 0.410 e. The van der Waals surface area contributed by atoms with Crippen molar-refractivity contribution < 1.29 is 14.3 Å². The zero-order valence-electron chi connectivity index (χ0n) is 11.2. The number of thiazole rings is 1. The molecule has 0 saturated carbocycles. The summed E-state index contributed by atoms with van der Waals surface area (Å²) < 4.78 is 14.7. The zero-order chi connectivity index (χ0) is 16.6. The normalized spacial score (nSPS) is 10.5. The van der Waals surface area contributed by atoms with Crippen molar-refractivity contribution in [2.45, 2.75) is 0 Å². The van der Waals surface area contributed by atoms with E-state index in [9.17, 15) is 9.18 Å². The lowest BCUT2D eigenvalue weighted by atomic mass is 10.1. The van der Waals surface area contributed by atoms with Crippen molar-refractivity contribution in [1.29, 1.82) is 5.26 Å². The Morgan fingerprint density at radius 2 is 2.26 bits per heavy atom. The van der Waals surface area contributed by atoms with Gasteiger partial charge in [-0.25, -0.2) is 19.2 Å². The minimum absolute atomic E-state index is 0.0568. The molecule has 2 N–H and O–H groups in total. The van der Waals surface area contributed by atoms with Crippen molar-refractivity contribution in [3.05, 3.63) is 40.8 Å². The lowest BCUT2D eigenvalue weighted by molar-refractivity contribution is 0.209. The van der Waals surface area contributed by atoms with Crippen molar-refractivity contribution in [2.24, 2.45) is 0 Å². The third kappa shape index (κ3) is 2.79. The summed E-state index contributed by atoms with van der Waals surface area (Å²) in [5.41, 5.74) is 0.629. The molecule has 0 spiro atoms. The molecule has 114 valence electrons. The van der Waals surface area contributed by atoms with Gasteiger partial charge in [0.1, 0.15) is 10.8 Å². The lowest BCUT2D eigenvalue weighted by Gasteiger charge is -2.02. The number of carbonyl (C=O) groups is 1. The predicted molar refractivity (Wildman–Crippen MR) is 84.2 cm³/mol. The molecule has 3 aromatic rings. The molecule has 2 aromatic heterocycles. The Morgan fingerprint density at radius 1 is 1.48 bits per heavy atom. The van der Waals surface area contributed by atoms with E-state index in [0.717, 1.165) is 17.4 Å². The van der Waals surface area contributed by atoms with E-state index in [1.807, 2.05) is 6.07 Å². The molecule has 3 rings (SSSR count). The van der Waals surface area contributed by atoms with Gasteiger partial charge in [0.15, 0.2) is 5.82 Å². The molecule has 0 unspecified atom stereocenters. The van der Waals surface area contributed by atoms with Crippen LogP contribution in [0.3, 0.4) is 0 Å². The molecule has 0 aliphatic carbocycles. The number of benzene rings is 1. The second kappa shape index (κ2) is 5.79. The number of carboxylic acid groups (broad SMARTS) is 1. The molecule has 9 heteroatoms. The number of nitrogens with zero attached hydrogens (tertiary/aromatic N) is 3. The molecule has 23 heavy (non-hydrogen) atoms. The molecule has 0 aliphatic heterocycles. The number of pyridine rings is 1. The van der Waals surface area contributed by atoms with E-state index in [4.69, 9.17) is 22.0 Å². The van der Waals surface area contributed by atoms with Gasteiger partial charge in [0, 0.05) is 6.20 Å². The fraction of sp³-hybridized carbons (Fsp3) is 0. The minimum atomic E-state index is -1.26. The Kier molecular flexibility index (Phi) is 3.82. The number of aromatic nitrogens is 2. The summed E-state index contributed by atoms with van der Waals surface area (Å²) in [6, 6.07) is 5.82. The van der Waals surface area contributed by atoms with Crippen LogP contribution in [0.1, 0.15) is 5.56 Å². The molecule has 0 radical (unpaired) electrons. The Hall–Kier alpha value is -2.76. The Labute approximate surface area is 137 Å². The van der Waals surface area contributed by atoms with Gasteiger partial charge in [0.2, 0.25) is 0 Å². The molecule has 1 aromatic carbocycles. The second-order valence-corrected chi connectivity index (χ2v) is 5.79. The highest BCUT2D eigenvalue weighted by Gasteiger charge is 2.18. The summed E-state index contributed by atoms with van der Waals surface area (Å²) in [6.45, 7) is 0. The quantitative estimate of drug-likeness (QED) is 0.726. The number of nitriles is 1. The molecule has 0 fully saturated rings. The number of rotatable bonds is 2. The van der Waals surface area contributed by atoms with Crippen LogP contribution >= 0.6 is 22.9 Å². The molecule has 0 saturated heterocycles. The number of hydrogen-bond acceptors (Lipinski definition) is 5. The number of hydrogen-bond donors (Lipinski definition) is 2.